The lowest BCUT2D eigenvalue weighted by molar-refractivity contribution is -0.120. The summed E-state index contributed by atoms with van der Waals surface area (Å²) in [5.41, 5.74) is 2.69. The van der Waals surface area contributed by atoms with Crippen molar-refractivity contribution < 1.29 is 9.18 Å². The molecule has 2 aromatic rings. The summed E-state index contributed by atoms with van der Waals surface area (Å²) >= 11 is 0. The number of amides is 1. The second-order valence-corrected chi connectivity index (χ2v) is 7.24. The van der Waals surface area contributed by atoms with Crippen LogP contribution in [0.3, 0.4) is 0 Å². The normalized spacial score (nSPS) is 15.6. The van der Waals surface area contributed by atoms with E-state index in [1.165, 1.54) is 36.6 Å². The Bertz CT molecular complexity index is 774. The Kier molecular flexibility index (Phi) is 6.45. The molecule has 0 spiro atoms. The third-order valence-electron chi connectivity index (χ3n) is 5.28. The Balaban J connectivity index is 1.67. The van der Waals surface area contributed by atoms with Crippen LogP contribution >= 0.6 is 0 Å². The molecule has 1 aliphatic rings. The lowest BCUT2D eigenvalue weighted by atomic mass is 10.1. The van der Waals surface area contributed by atoms with Gasteiger partial charge in [-0.2, -0.15) is 0 Å². The summed E-state index contributed by atoms with van der Waals surface area (Å²) in [6.07, 6.45) is 3.75. The van der Waals surface area contributed by atoms with Crippen molar-refractivity contribution in [2.75, 3.05) is 30.4 Å². The molecule has 1 heterocycles. The minimum Gasteiger partial charge on any atom is -0.371 e. The van der Waals surface area contributed by atoms with E-state index in [-0.39, 0.29) is 17.6 Å². The molecule has 1 saturated heterocycles. The molecule has 0 radical (unpaired) electrons. The molecule has 27 heavy (non-hydrogen) atoms. The largest absolute Gasteiger partial charge is 0.371 e. The number of likely N-dealkylation sites (N-methyl/N-ethyl adjacent to an activating group) is 1. The molecule has 0 aromatic heterocycles. The van der Waals surface area contributed by atoms with Crippen LogP contribution in [0.4, 0.5) is 15.8 Å². The maximum Gasteiger partial charge on any atom is 0.241 e. The zero-order valence-corrected chi connectivity index (χ0v) is 16.1. The van der Waals surface area contributed by atoms with E-state index in [9.17, 15) is 9.18 Å². The summed E-state index contributed by atoms with van der Waals surface area (Å²) in [5.74, 6) is -0.630. The summed E-state index contributed by atoms with van der Waals surface area (Å²) in [5, 5.41) is 2.69. The lowest BCUT2D eigenvalue weighted by Gasteiger charge is -2.32. The first-order valence-electron chi connectivity index (χ1n) is 9.65. The topological polar surface area (TPSA) is 35.6 Å². The van der Waals surface area contributed by atoms with Crippen LogP contribution in [-0.2, 0) is 11.3 Å². The fourth-order valence-corrected chi connectivity index (χ4v) is 3.49. The van der Waals surface area contributed by atoms with Crippen molar-refractivity contribution in [1.82, 2.24) is 4.90 Å². The number of hydrogen-bond acceptors (Lipinski definition) is 3. The third kappa shape index (κ3) is 4.86. The molecule has 1 N–H and O–H groups in total. The van der Waals surface area contributed by atoms with Gasteiger partial charge in [0.1, 0.15) is 5.82 Å². The Morgan fingerprint density at radius 1 is 1.11 bits per heavy atom. The molecule has 1 amide bonds. The van der Waals surface area contributed by atoms with Gasteiger partial charge in [-0.15, -0.1) is 0 Å². The molecule has 2 aromatic carbocycles. The molecule has 1 fully saturated rings. The van der Waals surface area contributed by atoms with E-state index in [2.05, 4.69) is 28.4 Å². The minimum atomic E-state index is -0.420. The molecule has 5 heteroatoms. The number of carbonyl (C=O) groups is 1. The standard InChI is InChI=1S/C22H28FN3O/c1-17(22(27)24-20-12-6-5-11-19(20)23)25(2)16-18-10-4-7-13-21(18)26-14-8-3-9-15-26/h4-7,10-13,17H,3,8-9,14-16H2,1-2H3,(H,24,27). The highest BCUT2D eigenvalue weighted by Gasteiger charge is 2.21. The fraction of sp³-hybridized carbons (Fsp3) is 0.409. The molecule has 1 unspecified atom stereocenters. The van der Waals surface area contributed by atoms with Crippen molar-refractivity contribution in [2.45, 2.75) is 38.8 Å². The van der Waals surface area contributed by atoms with Crippen LogP contribution < -0.4 is 10.2 Å². The highest BCUT2D eigenvalue weighted by molar-refractivity contribution is 5.94. The van der Waals surface area contributed by atoms with E-state index in [0.717, 1.165) is 13.1 Å². The summed E-state index contributed by atoms with van der Waals surface area (Å²) in [7, 11) is 1.93. The second kappa shape index (κ2) is 9.00. The van der Waals surface area contributed by atoms with Gasteiger partial charge in [-0.3, -0.25) is 9.69 Å². The van der Waals surface area contributed by atoms with E-state index in [0.29, 0.717) is 6.54 Å². The number of para-hydroxylation sites is 2. The highest BCUT2D eigenvalue weighted by Crippen LogP contribution is 2.25. The number of nitrogens with one attached hydrogen (secondary N) is 1. The Morgan fingerprint density at radius 3 is 2.52 bits per heavy atom. The van der Waals surface area contributed by atoms with Gasteiger partial charge in [0.25, 0.3) is 0 Å². The van der Waals surface area contributed by atoms with E-state index in [1.54, 1.807) is 18.2 Å². The van der Waals surface area contributed by atoms with Crippen molar-refractivity contribution in [3.8, 4) is 0 Å². The SMILES string of the molecule is CC(C(=O)Nc1ccccc1F)N(C)Cc1ccccc1N1CCCCC1. The number of rotatable bonds is 6. The first-order chi connectivity index (χ1) is 13.1. The van der Waals surface area contributed by atoms with Crippen molar-refractivity contribution in [1.29, 1.82) is 0 Å². The van der Waals surface area contributed by atoms with Gasteiger partial charge < -0.3 is 10.2 Å². The molecule has 3 rings (SSSR count). The van der Waals surface area contributed by atoms with E-state index >= 15 is 0 Å². The van der Waals surface area contributed by atoms with E-state index in [4.69, 9.17) is 0 Å². The number of anilines is 2. The van der Waals surface area contributed by atoms with Crippen LogP contribution in [0.25, 0.3) is 0 Å². The summed E-state index contributed by atoms with van der Waals surface area (Å²) in [4.78, 5) is 17.0. The third-order valence-corrected chi connectivity index (χ3v) is 5.28. The second-order valence-electron chi connectivity index (χ2n) is 7.24. The van der Waals surface area contributed by atoms with Crippen LogP contribution in [0.2, 0.25) is 0 Å². The number of halogens is 1. The Hall–Kier alpha value is -2.40. The maximum atomic E-state index is 13.8. The molecule has 1 aliphatic heterocycles. The van der Waals surface area contributed by atoms with Gasteiger partial charge in [0.2, 0.25) is 5.91 Å². The zero-order chi connectivity index (χ0) is 19.2. The van der Waals surface area contributed by atoms with Gasteiger partial charge >= 0.3 is 0 Å². The van der Waals surface area contributed by atoms with E-state index in [1.807, 2.05) is 24.9 Å². The zero-order valence-electron chi connectivity index (χ0n) is 16.1. The molecule has 144 valence electrons. The van der Waals surface area contributed by atoms with Gasteiger partial charge in [-0.05, 0) is 57.0 Å². The predicted octanol–water partition coefficient (Wildman–Crippen LogP) is 4.28. The predicted molar refractivity (Wildman–Crippen MR) is 108 cm³/mol. The molecular weight excluding hydrogens is 341 g/mol. The minimum absolute atomic E-state index is 0.210. The quantitative estimate of drug-likeness (QED) is 0.826. The Morgan fingerprint density at radius 2 is 1.78 bits per heavy atom. The summed E-state index contributed by atoms with van der Waals surface area (Å²) in [6, 6.07) is 14.3. The monoisotopic (exact) mass is 369 g/mol. The van der Waals surface area contributed by atoms with Crippen molar-refractivity contribution in [2.24, 2.45) is 0 Å². The average Bonchev–Trinajstić information content (AvgIpc) is 2.70. The average molecular weight is 369 g/mol. The van der Waals surface area contributed by atoms with Crippen LogP contribution in [0.15, 0.2) is 48.5 Å². The molecule has 0 aliphatic carbocycles. The maximum absolute atomic E-state index is 13.8. The summed E-state index contributed by atoms with van der Waals surface area (Å²) < 4.78 is 13.8. The van der Waals surface area contributed by atoms with Gasteiger partial charge in [-0.1, -0.05) is 30.3 Å². The number of piperidine rings is 1. The Labute approximate surface area is 161 Å². The van der Waals surface area contributed by atoms with Gasteiger partial charge in [0.15, 0.2) is 0 Å². The van der Waals surface area contributed by atoms with Crippen LogP contribution in [0, 0.1) is 5.82 Å². The van der Waals surface area contributed by atoms with Crippen LogP contribution in [-0.4, -0.2) is 37.0 Å². The smallest absolute Gasteiger partial charge is 0.241 e. The number of hydrogen-bond donors (Lipinski definition) is 1. The molecular formula is C22H28FN3O. The van der Waals surface area contributed by atoms with Gasteiger partial charge in [0.05, 0.1) is 11.7 Å². The number of benzene rings is 2. The van der Waals surface area contributed by atoms with Crippen molar-refractivity contribution >= 4 is 17.3 Å². The summed E-state index contributed by atoms with van der Waals surface area (Å²) in [6.45, 7) is 4.69. The molecule has 0 bridgehead atoms. The van der Waals surface area contributed by atoms with Crippen LogP contribution in [0.1, 0.15) is 31.7 Å². The highest BCUT2D eigenvalue weighted by atomic mass is 19.1. The number of carbonyl (C=O) groups excluding carboxylic acids is 1. The van der Waals surface area contributed by atoms with Gasteiger partial charge in [0, 0.05) is 25.3 Å². The lowest BCUT2D eigenvalue weighted by Crippen LogP contribution is -2.39. The fourth-order valence-electron chi connectivity index (χ4n) is 3.49. The van der Waals surface area contributed by atoms with Crippen molar-refractivity contribution in [3.05, 3.63) is 59.9 Å². The first kappa shape index (κ1) is 19.4. The van der Waals surface area contributed by atoms with Crippen LogP contribution in [0.5, 0.6) is 0 Å². The van der Waals surface area contributed by atoms with E-state index < -0.39 is 5.82 Å². The first-order valence-corrected chi connectivity index (χ1v) is 9.65. The van der Waals surface area contributed by atoms with Crippen molar-refractivity contribution in [3.63, 3.8) is 0 Å². The van der Waals surface area contributed by atoms with Gasteiger partial charge in [-0.25, -0.2) is 4.39 Å². The molecule has 4 nitrogen and oxygen atoms in total. The molecule has 1 atom stereocenters. The molecule has 0 saturated carbocycles. The number of nitrogens with zero attached hydrogens (tertiary/aromatic N) is 2.